The van der Waals surface area contributed by atoms with Crippen molar-refractivity contribution in [2.75, 3.05) is 7.11 Å². The lowest BCUT2D eigenvalue weighted by atomic mass is 9.92. The molecule has 4 heteroatoms. The molecule has 0 saturated carbocycles. The third-order valence-corrected chi connectivity index (χ3v) is 2.36. The van der Waals surface area contributed by atoms with E-state index < -0.39 is 0 Å². The van der Waals surface area contributed by atoms with Crippen molar-refractivity contribution >= 4 is 12.0 Å². The maximum Gasteiger partial charge on any atom is 0.330 e. The van der Waals surface area contributed by atoms with Gasteiger partial charge >= 0.3 is 5.97 Å². The second-order valence-corrected chi connectivity index (χ2v) is 5.20. The lowest BCUT2D eigenvalue weighted by Gasteiger charge is -2.17. The third kappa shape index (κ3) is 5.33. The van der Waals surface area contributed by atoms with Gasteiger partial charge in [-0.2, -0.15) is 0 Å². The van der Waals surface area contributed by atoms with Gasteiger partial charge in [-0.1, -0.05) is 20.8 Å². The van der Waals surface area contributed by atoms with Crippen LogP contribution in [-0.2, 0) is 16.1 Å². The number of methoxy groups -OCH3 is 1. The Morgan fingerprint density at radius 1 is 1.53 bits per heavy atom. The maximum atomic E-state index is 10.9. The average Bonchev–Trinajstić information content (AvgIpc) is 2.70. The monoisotopic (exact) mass is 236 g/mol. The van der Waals surface area contributed by atoms with Crippen molar-refractivity contribution in [2.45, 2.75) is 33.7 Å². The van der Waals surface area contributed by atoms with Crippen molar-refractivity contribution in [1.29, 1.82) is 0 Å². The molecule has 94 valence electrons. The first kappa shape index (κ1) is 13.5. The minimum Gasteiger partial charge on any atom is -0.466 e. The van der Waals surface area contributed by atoms with Crippen molar-refractivity contribution in [3.8, 4) is 0 Å². The van der Waals surface area contributed by atoms with Crippen LogP contribution < -0.4 is 0 Å². The molecule has 0 aromatic carbocycles. The predicted molar refractivity (Wildman–Crippen MR) is 67.3 cm³/mol. The number of esters is 1. The van der Waals surface area contributed by atoms with E-state index in [0.717, 1.165) is 18.7 Å². The molecule has 0 fully saturated rings. The lowest BCUT2D eigenvalue weighted by Crippen LogP contribution is -2.09. The van der Waals surface area contributed by atoms with Crippen LogP contribution in [0.25, 0.3) is 6.08 Å². The summed E-state index contributed by atoms with van der Waals surface area (Å²) in [6, 6.07) is 0. The molecular weight excluding hydrogens is 216 g/mol. The van der Waals surface area contributed by atoms with Crippen molar-refractivity contribution < 1.29 is 9.53 Å². The minimum atomic E-state index is -0.366. The second kappa shape index (κ2) is 5.66. The Balaban J connectivity index is 2.54. The van der Waals surface area contributed by atoms with Crippen LogP contribution in [0.15, 0.2) is 18.6 Å². The molecule has 0 atom stereocenters. The highest BCUT2D eigenvalue weighted by molar-refractivity contribution is 5.86. The van der Waals surface area contributed by atoms with Crippen LogP contribution in [0.2, 0.25) is 0 Å². The van der Waals surface area contributed by atoms with E-state index in [-0.39, 0.29) is 5.97 Å². The fourth-order valence-electron chi connectivity index (χ4n) is 1.27. The Morgan fingerprint density at radius 2 is 2.24 bits per heavy atom. The van der Waals surface area contributed by atoms with E-state index in [2.05, 4.69) is 30.5 Å². The number of imidazole rings is 1. The van der Waals surface area contributed by atoms with Crippen molar-refractivity contribution in [2.24, 2.45) is 5.41 Å². The van der Waals surface area contributed by atoms with Crippen molar-refractivity contribution in [3.05, 3.63) is 24.3 Å². The normalized spacial score (nSPS) is 12.0. The van der Waals surface area contributed by atoms with Crippen LogP contribution in [0, 0.1) is 5.41 Å². The molecule has 1 aromatic rings. The molecule has 0 spiro atoms. The Hall–Kier alpha value is -1.58. The lowest BCUT2D eigenvalue weighted by molar-refractivity contribution is -0.134. The molecule has 1 aromatic heterocycles. The van der Waals surface area contributed by atoms with Gasteiger partial charge in [0.25, 0.3) is 0 Å². The van der Waals surface area contributed by atoms with Crippen LogP contribution >= 0.6 is 0 Å². The number of carbonyl (C=O) groups is 1. The van der Waals surface area contributed by atoms with Gasteiger partial charge in [0.2, 0.25) is 0 Å². The molecule has 0 aliphatic rings. The summed E-state index contributed by atoms with van der Waals surface area (Å²) in [6.45, 7) is 7.56. The van der Waals surface area contributed by atoms with Crippen LogP contribution in [-0.4, -0.2) is 22.6 Å². The fraction of sp³-hybridized carbons (Fsp3) is 0.538. The molecule has 0 radical (unpaired) electrons. The fourth-order valence-corrected chi connectivity index (χ4v) is 1.27. The van der Waals surface area contributed by atoms with E-state index in [9.17, 15) is 4.79 Å². The van der Waals surface area contributed by atoms with E-state index in [4.69, 9.17) is 0 Å². The van der Waals surface area contributed by atoms with Gasteiger partial charge in [-0.25, -0.2) is 9.78 Å². The van der Waals surface area contributed by atoms with Crippen LogP contribution in [0.4, 0.5) is 0 Å². The summed E-state index contributed by atoms with van der Waals surface area (Å²) in [5.41, 5.74) is 1.08. The van der Waals surface area contributed by atoms with Gasteiger partial charge in [-0.3, -0.25) is 0 Å². The van der Waals surface area contributed by atoms with E-state index in [1.807, 2.05) is 10.8 Å². The highest BCUT2D eigenvalue weighted by atomic mass is 16.5. The van der Waals surface area contributed by atoms with Crippen molar-refractivity contribution in [1.82, 2.24) is 9.55 Å². The summed E-state index contributed by atoms with van der Waals surface area (Å²) >= 11 is 0. The standard InChI is InChI=1S/C13H20N2O2/c1-13(2,3)7-8-15-9-11(14-10-15)5-6-12(16)17-4/h5-6,9-10H,7-8H2,1-4H3/b6-5+. The summed E-state index contributed by atoms with van der Waals surface area (Å²) in [5, 5.41) is 0. The van der Waals surface area contributed by atoms with E-state index in [1.54, 1.807) is 12.4 Å². The average molecular weight is 236 g/mol. The number of aryl methyl sites for hydroxylation is 1. The molecule has 0 saturated heterocycles. The molecule has 1 rings (SSSR count). The predicted octanol–water partition coefficient (Wildman–Crippen LogP) is 2.51. The molecule has 0 aliphatic heterocycles. The largest absolute Gasteiger partial charge is 0.466 e. The number of hydrogen-bond donors (Lipinski definition) is 0. The first-order valence-electron chi connectivity index (χ1n) is 5.68. The zero-order valence-electron chi connectivity index (χ0n) is 10.9. The minimum absolute atomic E-state index is 0.312. The molecule has 0 N–H and O–H groups in total. The quantitative estimate of drug-likeness (QED) is 0.596. The van der Waals surface area contributed by atoms with Gasteiger partial charge in [0, 0.05) is 18.8 Å². The SMILES string of the molecule is COC(=O)/C=C/c1cn(CCC(C)(C)C)cn1. The molecule has 17 heavy (non-hydrogen) atoms. The smallest absolute Gasteiger partial charge is 0.330 e. The summed E-state index contributed by atoms with van der Waals surface area (Å²) in [6.07, 6.45) is 7.81. The summed E-state index contributed by atoms with van der Waals surface area (Å²) in [5.74, 6) is -0.366. The van der Waals surface area contributed by atoms with Gasteiger partial charge in [-0.05, 0) is 17.9 Å². The topological polar surface area (TPSA) is 44.1 Å². The van der Waals surface area contributed by atoms with E-state index >= 15 is 0 Å². The zero-order chi connectivity index (χ0) is 12.9. The summed E-state index contributed by atoms with van der Waals surface area (Å²) in [7, 11) is 1.36. The molecule has 0 amide bonds. The Kier molecular flexibility index (Phi) is 4.49. The van der Waals surface area contributed by atoms with Crippen LogP contribution in [0.3, 0.4) is 0 Å². The number of rotatable bonds is 4. The van der Waals surface area contributed by atoms with Crippen molar-refractivity contribution in [3.63, 3.8) is 0 Å². The Morgan fingerprint density at radius 3 is 2.82 bits per heavy atom. The first-order valence-corrected chi connectivity index (χ1v) is 5.68. The molecule has 4 nitrogen and oxygen atoms in total. The summed E-state index contributed by atoms with van der Waals surface area (Å²) < 4.78 is 6.54. The number of aromatic nitrogens is 2. The molecular formula is C13H20N2O2. The Bertz CT molecular complexity index is 400. The second-order valence-electron chi connectivity index (χ2n) is 5.20. The number of ether oxygens (including phenoxy) is 1. The molecule has 0 unspecified atom stereocenters. The van der Waals surface area contributed by atoms with Gasteiger partial charge in [0.15, 0.2) is 0 Å². The molecule has 0 bridgehead atoms. The molecule has 1 heterocycles. The van der Waals surface area contributed by atoms with Gasteiger partial charge in [-0.15, -0.1) is 0 Å². The van der Waals surface area contributed by atoms with E-state index in [1.165, 1.54) is 13.2 Å². The van der Waals surface area contributed by atoms with Crippen LogP contribution in [0.5, 0.6) is 0 Å². The zero-order valence-corrected chi connectivity index (χ0v) is 10.9. The highest BCUT2D eigenvalue weighted by Crippen LogP contribution is 2.19. The van der Waals surface area contributed by atoms with Gasteiger partial charge in [0.05, 0.1) is 19.1 Å². The van der Waals surface area contributed by atoms with Crippen LogP contribution in [0.1, 0.15) is 32.9 Å². The summed E-state index contributed by atoms with van der Waals surface area (Å²) in [4.78, 5) is 15.1. The number of carbonyl (C=O) groups excluding carboxylic acids is 1. The van der Waals surface area contributed by atoms with E-state index in [0.29, 0.717) is 5.41 Å². The number of nitrogens with zero attached hydrogens (tertiary/aromatic N) is 2. The highest BCUT2D eigenvalue weighted by Gasteiger charge is 2.09. The third-order valence-electron chi connectivity index (χ3n) is 2.36. The number of hydrogen-bond acceptors (Lipinski definition) is 3. The maximum absolute atomic E-state index is 10.9. The van der Waals surface area contributed by atoms with Gasteiger partial charge in [0.1, 0.15) is 0 Å². The Labute approximate surface area is 102 Å². The first-order chi connectivity index (χ1) is 7.90. The van der Waals surface area contributed by atoms with Gasteiger partial charge < -0.3 is 9.30 Å². The molecule has 0 aliphatic carbocycles.